The number of fused-ring (bicyclic) bond motifs is 1. The number of nitrogens with zero attached hydrogens (tertiary/aromatic N) is 1. The van der Waals surface area contributed by atoms with Crippen LogP contribution in [0.5, 0.6) is 0 Å². The summed E-state index contributed by atoms with van der Waals surface area (Å²) in [4.78, 5) is 13.6. The van der Waals surface area contributed by atoms with Crippen molar-refractivity contribution in [2.75, 3.05) is 26.3 Å². The molecule has 15 heavy (non-hydrogen) atoms. The Hall–Kier alpha value is -0.610. The number of hydrogen-bond donors (Lipinski definition) is 1. The van der Waals surface area contributed by atoms with Crippen LogP contribution in [0.2, 0.25) is 0 Å². The maximum absolute atomic E-state index is 11.0. The van der Waals surface area contributed by atoms with E-state index in [-0.39, 0.29) is 11.8 Å². The Morgan fingerprint density at radius 2 is 1.80 bits per heavy atom. The maximum atomic E-state index is 11.0. The van der Waals surface area contributed by atoms with Crippen molar-refractivity contribution < 1.29 is 9.53 Å². The fourth-order valence-electron chi connectivity index (χ4n) is 3.48. The third kappa shape index (κ3) is 1.56. The molecule has 0 aromatic heterocycles. The van der Waals surface area contributed by atoms with E-state index >= 15 is 0 Å². The lowest BCUT2D eigenvalue weighted by atomic mass is 10.1. The molecule has 2 atom stereocenters. The molecule has 1 aliphatic heterocycles. The first kappa shape index (κ1) is 9.60. The average molecular weight is 210 g/mol. The third-order valence-electron chi connectivity index (χ3n) is 4.31. The van der Waals surface area contributed by atoms with E-state index < -0.39 is 0 Å². The number of amides is 1. The maximum Gasteiger partial charge on any atom is 0.221 e. The van der Waals surface area contributed by atoms with Gasteiger partial charge >= 0.3 is 0 Å². The first-order valence-electron chi connectivity index (χ1n) is 5.88. The van der Waals surface area contributed by atoms with E-state index in [2.05, 4.69) is 4.90 Å². The molecule has 4 heteroatoms. The zero-order valence-electron chi connectivity index (χ0n) is 8.89. The molecule has 0 bridgehead atoms. The minimum absolute atomic E-state index is 0.0783. The molecule has 4 nitrogen and oxygen atoms in total. The van der Waals surface area contributed by atoms with Crippen LogP contribution in [0.3, 0.4) is 0 Å². The monoisotopic (exact) mass is 210 g/mol. The number of carbonyl (C=O) groups excluding carboxylic acids is 1. The summed E-state index contributed by atoms with van der Waals surface area (Å²) in [6.45, 7) is 3.85. The lowest BCUT2D eigenvalue weighted by Crippen LogP contribution is -2.43. The summed E-state index contributed by atoms with van der Waals surface area (Å²) in [6, 6.07) is 0.694. The van der Waals surface area contributed by atoms with Crippen molar-refractivity contribution in [2.24, 2.45) is 23.5 Å². The number of nitrogens with two attached hydrogens (primary N) is 1. The molecule has 84 valence electrons. The highest BCUT2D eigenvalue weighted by molar-refractivity contribution is 5.80. The predicted octanol–water partition coefficient (Wildman–Crippen LogP) is -0.172. The van der Waals surface area contributed by atoms with Crippen LogP contribution < -0.4 is 5.73 Å². The number of rotatable bonds is 2. The Morgan fingerprint density at radius 1 is 1.20 bits per heavy atom. The Bertz CT molecular complexity index is 264. The molecule has 2 unspecified atom stereocenters. The molecular weight excluding hydrogens is 192 g/mol. The summed E-state index contributed by atoms with van der Waals surface area (Å²) < 4.78 is 5.34. The van der Waals surface area contributed by atoms with Crippen LogP contribution in [0, 0.1) is 17.8 Å². The summed E-state index contributed by atoms with van der Waals surface area (Å²) in [6.07, 6.45) is 2.36. The molecule has 1 heterocycles. The van der Waals surface area contributed by atoms with E-state index in [4.69, 9.17) is 10.5 Å². The minimum atomic E-state index is -0.0783. The second kappa shape index (κ2) is 3.46. The molecule has 3 rings (SSSR count). The van der Waals surface area contributed by atoms with Crippen LogP contribution in [0.1, 0.15) is 12.8 Å². The third-order valence-corrected chi connectivity index (χ3v) is 4.31. The van der Waals surface area contributed by atoms with Gasteiger partial charge < -0.3 is 10.5 Å². The number of morpholine rings is 1. The SMILES string of the molecule is NC(=O)C1C2CC(N3CCOCC3)CC21. The molecule has 1 amide bonds. The van der Waals surface area contributed by atoms with E-state index in [1.54, 1.807) is 0 Å². The van der Waals surface area contributed by atoms with Gasteiger partial charge in [-0.2, -0.15) is 0 Å². The van der Waals surface area contributed by atoms with E-state index in [0.29, 0.717) is 17.9 Å². The molecule has 1 saturated heterocycles. The van der Waals surface area contributed by atoms with E-state index in [1.165, 1.54) is 12.8 Å². The fraction of sp³-hybridized carbons (Fsp3) is 0.909. The molecule has 0 aromatic carbocycles. The van der Waals surface area contributed by atoms with Crippen molar-refractivity contribution in [2.45, 2.75) is 18.9 Å². The summed E-state index contributed by atoms with van der Waals surface area (Å²) in [5, 5.41) is 0. The van der Waals surface area contributed by atoms with Crippen LogP contribution in [-0.4, -0.2) is 43.2 Å². The highest BCUT2D eigenvalue weighted by atomic mass is 16.5. The normalized spacial score (nSPS) is 45.1. The average Bonchev–Trinajstić information content (AvgIpc) is 2.77. The summed E-state index contributed by atoms with van der Waals surface area (Å²) >= 11 is 0. The Kier molecular flexibility index (Phi) is 2.21. The molecule has 2 aliphatic carbocycles. The van der Waals surface area contributed by atoms with Gasteiger partial charge in [0.1, 0.15) is 0 Å². The summed E-state index contributed by atoms with van der Waals surface area (Å²) in [7, 11) is 0. The van der Waals surface area contributed by atoms with E-state index in [9.17, 15) is 4.79 Å². The second-order valence-electron chi connectivity index (χ2n) is 5.03. The molecule has 2 saturated carbocycles. The van der Waals surface area contributed by atoms with Crippen molar-refractivity contribution in [3.8, 4) is 0 Å². The fourth-order valence-corrected chi connectivity index (χ4v) is 3.48. The van der Waals surface area contributed by atoms with Crippen molar-refractivity contribution in [1.82, 2.24) is 4.90 Å². The molecule has 0 spiro atoms. The van der Waals surface area contributed by atoms with Gasteiger partial charge in [-0.25, -0.2) is 0 Å². The van der Waals surface area contributed by atoms with Gasteiger partial charge in [0, 0.05) is 25.0 Å². The van der Waals surface area contributed by atoms with Crippen LogP contribution in [0.4, 0.5) is 0 Å². The first-order valence-corrected chi connectivity index (χ1v) is 5.88. The molecule has 3 aliphatic rings. The highest BCUT2D eigenvalue weighted by Gasteiger charge is 2.59. The Labute approximate surface area is 89.7 Å². The van der Waals surface area contributed by atoms with Crippen LogP contribution >= 0.6 is 0 Å². The van der Waals surface area contributed by atoms with Crippen molar-refractivity contribution >= 4 is 5.91 Å². The van der Waals surface area contributed by atoms with Gasteiger partial charge in [-0.3, -0.25) is 9.69 Å². The van der Waals surface area contributed by atoms with Gasteiger partial charge in [0.25, 0.3) is 0 Å². The quantitative estimate of drug-likeness (QED) is 0.688. The highest BCUT2D eigenvalue weighted by Crippen LogP contribution is 2.58. The zero-order valence-corrected chi connectivity index (χ0v) is 8.89. The zero-order chi connectivity index (χ0) is 10.4. The standard InChI is InChI=1S/C11H18N2O2/c12-11(14)10-8-5-7(6-9(8)10)13-1-3-15-4-2-13/h7-10H,1-6H2,(H2,12,14). The van der Waals surface area contributed by atoms with Gasteiger partial charge in [-0.15, -0.1) is 0 Å². The Balaban J connectivity index is 1.54. The van der Waals surface area contributed by atoms with Gasteiger partial charge in [-0.05, 0) is 24.7 Å². The van der Waals surface area contributed by atoms with Crippen LogP contribution in [0.15, 0.2) is 0 Å². The summed E-state index contributed by atoms with van der Waals surface area (Å²) in [5.74, 6) is 1.35. The smallest absolute Gasteiger partial charge is 0.221 e. The Morgan fingerprint density at radius 3 is 2.33 bits per heavy atom. The number of hydrogen-bond acceptors (Lipinski definition) is 3. The van der Waals surface area contributed by atoms with Crippen LogP contribution in [0.25, 0.3) is 0 Å². The molecular formula is C11H18N2O2. The van der Waals surface area contributed by atoms with Crippen molar-refractivity contribution in [1.29, 1.82) is 0 Å². The van der Waals surface area contributed by atoms with E-state index in [1.807, 2.05) is 0 Å². The van der Waals surface area contributed by atoms with Gasteiger partial charge in [0.05, 0.1) is 13.2 Å². The topological polar surface area (TPSA) is 55.6 Å². The second-order valence-corrected chi connectivity index (χ2v) is 5.03. The lowest BCUT2D eigenvalue weighted by Gasteiger charge is -2.33. The number of primary amides is 1. The first-order chi connectivity index (χ1) is 7.27. The minimum Gasteiger partial charge on any atom is -0.379 e. The number of carbonyl (C=O) groups is 1. The predicted molar refractivity (Wildman–Crippen MR) is 55.1 cm³/mol. The molecule has 3 fully saturated rings. The lowest BCUT2D eigenvalue weighted by molar-refractivity contribution is -0.120. The van der Waals surface area contributed by atoms with Gasteiger partial charge in [0.2, 0.25) is 5.91 Å². The van der Waals surface area contributed by atoms with Gasteiger partial charge in [0.15, 0.2) is 0 Å². The summed E-state index contributed by atoms with van der Waals surface area (Å²) in [5.41, 5.74) is 5.34. The van der Waals surface area contributed by atoms with Crippen LogP contribution in [-0.2, 0) is 9.53 Å². The van der Waals surface area contributed by atoms with Crippen molar-refractivity contribution in [3.63, 3.8) is 0 Å². The largest absolute Gasteiger partial charge is 0.379 e. The van der Waals surface area contributed by atoms with Crippen molar-refractivity contribution in [3.05, 3.63) is 0 Å². The van der Waals surface area contributed by atoms with Gasteiger partial charge in [-0.1, -0.05) is 0 Å². The number of ether oxygens (including phenoxy) is 1. The van der Waals surface area contributed by atoms with E-state index in [0.717, 1.165) is 26.3 Å². The molecule has 0 radical (unpaired) electrons. The molecule has 0 aromatic rings. The molecule has 2 N–H and O–H groups in total.